The minimum Gasteiger partial charge on any atom is -0.394 e. The molecule has 0 aromatic heterocycles. The molecule has 1 aliphatic rings. The third kappa shape index (κ3) is 3.71. The van der Waals surface area contributed by atoms with Gasteiger partial charge in [-0.25, -0.2) is 4.79 Å². The minimum absolute atomic E-state index is 0.0803. The molecule has 0 fully saturated rings. The van der Waals surface area contributed by atoms with Gasteiger partial charge in [-0.1, -0.05) is 24.3 Å². The molecule has 0 saturated heterocycles. The van der Waals surface area contributed by atoms with E-state index >= 15 is 0 Å². The molecule has 1 aromatic rings. The summed E-state index contributed by atoms with van der Waals surface area (Å²) in [5.74, 6) is 0.406. The maximum atomic E-state index is 11.8. The van der Waals surface area contributed by atoms with Crippen LogP contribution in [0, 0.1) is 0 Å². The van der Waals surface area contributed by atoms with Crippen LogP contribution in [0.1, 0.15) is 23.5 Å². The van der Waals surface area contributed by atoms with Crippen molar-refractivity contribution in [2.75, 3.05) is 26.9 Å². The Bertz CT molecular complexity index is 450. The quantitative estimate of drug-likeness (QED) is 0.697. The van der Waals surface area contributed by atoms with Gasteiger partial charge in [0.15, 0.2) is 0 Å². The Morgan fingerprint density at radius 1 is 1.50 bits per heavy atom. The van der Waals surface area contributed by atoms with E-state index in [1.54, 1.807) is 7.11 Å². The van der Waals surface area contributed by atoms with Gasteiger partial charge >= 0.3 is 6.03 Å². The van der Waals surface area contributed by atoms with E-state index in [1.165, 1.54) is 11.1 Å². The van der Waals surface area contributed by atoms with E-state index in [0.717, 1.165) is 6.42 Å². The van der Waals surface area contributed by atoms with Crippen LogP contribution >= 0.6 is 0 Å². The van der Waals surface area contributed by atoms with Crippen LogP contribution in [0.2, 0.25) is 0 Å². The van der Waals surface area contributed by atoms with Crippen molar-refractivity contribution < 1.29 is 14.6 Å². The second-order valence-electron chi connectivity index (χ2n) is 5.12. The number of aliphatic hydroxyl groups excluding tert-OH is 1. The standard InChI is InChI=1S/C15H22N2O3/c1-20-7-6-13(10-18)17-15(19)16-9-12-8-11-4-2-3-5-14(11)12/h2-5,12-13,18H,6-10H2,1H3,(H2,16,17,19)/t12-,13+/m0/s1. The fraction of sp³-hybridized carbons (Fsp3) is 0.533. The summed E-state index contributed by atoms with van der Waals surface area (Å²) in [6.07, 6.45) is 1.62. The lowest BCUT2D eigenvalue weighted by Gasteiger charge is -2.30. The fourth-order valence-corrected chi connectivity index (χ4v) is 2.47. The van der Waals surface area contributed by atoms with Crippen molar-refractivity contribution in [2.45, 2.75) is 24.8 Å². The zero-order chi connectivity index (χ0) is 14.4. The fourth-order valence-electron chi connectivity index (χ4n) is 2.47. The van der Waals surface area contributed by atoms with Gasteiger partial charge < -0.3 is 20.5 Å². The number of hydrogen-bond acceptors (Lipinski definition) is 3. The molecule has 1 aromatic carbocycles. The van der Waals surface area contributed by atoms with Crippen molar-refractivity contribution >= 4 is 6.03 Å². The van der Waals surface area contributed by atoms with Gasteiger partial charge in [0.25, 0.3) is 0 Å². The molecule has 0 spiro atoms. The van der Waals surface area contributed by atoms with Gasteiger partial charge in [0.2, 0.25) is 0 Å². The average Bonchev–Trinajstić information content (AvgIpc) is 2.44. The van der Waals surface area contributed by atoms with Gasteiger partial charge in [0.1, 0.15) is 0 Å². The molecular weight excluding hydrogens is 256 g/mol. The Hall–Kier alpha value is -1.59. The van der Waals surface area contributed by atoms with E-state index in [1.807, 2.05) is 12.1 Å². The number of rotatable bonds is 7. The summed E-state index contributed by atoms with van der Waals surface area (Å²) in [6, 6.07) is 7.80. The lowest BCUT2D eigenvalue weighted by molar-refractivity contribution is 0.159. The molecule has 2 amide bonds. The second-order valence-corrected chi connectivity index (χ2v) is 5.12. The largest absolute Gasteiger partial charge is 0.394 e. The van der Waals surface area contributed by atoms with E-state index in [0.29, 0.717) is 25.5 Å². The van der Waals surface area contributed by atoms with Crippen LogP contribution in [0.25, 0.3) is 0 Å². The number of hydrogen-bond donors (Lipinski definition) is 3. The summed E-state index contributed by atoms with van der Waals surface area (Å²) >= 11 is 0. The molecule has 2 atom stereocenters. The Balaban J connectivity index is 1.71. The summed E-state index contributed by atoms with van der Waals surface area (Å²) < 4.78 is 4.94. The van der Waals surface area contributed by atoms with Crippen LogP contribution in [-0.4, -0.2) is 44.0 Å². The number of methoxy groups -OCH3 is 1. The number of urea groups is 1. The lowest BCUT2D eigenvalue weighted by Crippen LogP contribution is -2.46. The van der Waals surface area contributed by atoms with Crippen molar-refractivity contribution in [3.05, 3.63) is 35.4 Å². The molecule has 0 aliphatic heterocycles. The van der Waals surface area contributed by atoms with Crippen LogP contribution in [-0.2, 0) is 11.2 Å². The predicted molar refractivity (Wildman–Crippen MR) is 76.8 cm³/mol. The van der Waals surface area contributed by atoms with Crippen molar-refractivity contribution in [1.29, 1.82) is 0 Å². The van der Waals surface area contributed by atoms with Gasteiger partial charge in [-0.05, 0) is 24.0 Å². The predicted octanol–water partition coefficient (Wildman–Crippen LogP) is 1.02. The van der Waals surface area contributed by atoms with Gasteiger partial charge in [-0.2, -0.15) is 0 Å². The highest BCUT2D eigenvalue weighted by molar-refractivity contribution is 5.74. The third-order valence-electron chi connectivity index (χ3n) is 3.70. The first kappa shape index (κ1) is 14.8. The van der Waals surface area contributed by atoms with E-state index in [2.05, 4.69) is 22.8 Å². The van der Waals surface area contributed by atoms with E-state index < -0.39 is 0 Å². The minimum atomic E-state index is -0.261. The molecule has 1 aliphatic carbocycles. The van der Waals surface area contributed by atoms with Crippen molar-refractivity contribution in [3.8, 4) is 0 Å². The number of benzene rings is 1. The molecule has 5 nitrogen and oxygen atoms in total. The van der Waals surface area contributed by atoms with Crippen LogP contribution in [0.3, 0.4) is 0 Å². The van der Waals surface area contributed by atoms with Crippen LogP contribution < -0.4 is 10.6 Å². The molecule has 5 heteroatoms. The number of aliphatic hydroxyl groups is 1. The third-order valence-corrected chi connectivity index (χ3v) is 3.70. The molecule has 110 valence electrons. The lowest BCUT2D eigenvalue weighted by atomic mass is 9.78. The summed E-state index contributed by atoms with van der Waals surface area (Å²) in [4.78, 5) is 11.8. The van der Waals surface area contributed by atoms with E-state index in [-0.39, 0.29) is 18.7 Å². The second kappa shape index (κ2) is 7.26. The monoisotopic (exact) mass is 278 g/mol. The number of fused-ring (bicyclic) bond motifs is 1. The van der Waals surface area contributed by atoms with Crippen molar-refractivity contribution in [2.24, 2.45) is 0 Å². The summed E-state index contributed by atoms with van der Waals surface area (Å²) in [7, 11) is 1.60. The molecule has 0 saturated carbocycles. The first-order valence-corrected chi connectivity index (χ1v) is 6.96. The average molecular weight is 278 g/mol. The molecular formula is C15H22N2O3. The Morgan fingerprint density at radius 2 is 2.30 bits per heavy atom. The Labute approximate surface area is 119 Å². The number of nitrogens with one attached hydrogen (secondary N) is 2. The molecule has 0 radical (unpaired) electrons. The maximum absolute atomic E-state index is 11.8. The highest BCUT2D eigenvalue weighted by Crippen LogP contribution is 2.33. The van der Waals surface area contributed by atoms with Gasteiger partial charge in [-0.3, -0.25) is 0 Å². The maximum Gasteiger partial charge on any atom is 0.315 e. The highest BCUT2D eigenvalue weighted by Gasteiger charge is 2.25. The molecule has 2 rings (SSSR count). The molecule has 0 bridgehead atoms. The molecule has 0 heterocycles. The summed E-state index contributed by atoms with van der Waals surface area (Å²) in [5.41, 5.74) is 2.69. The Kier molecular flexibility index (Phi) is 5.38. The first-order chi connectivity index (χ1) is 9.74. The van der Waals surface area contributed by atoms with Gasteiger partial charge in [0.05, 0.1) is 12.6 Å². The summed E-state index contributed by atoms with van der Waals surface area (Å²) in [6.45, 7) is 1.07. The number of carbonyl (C=O) groups is 1. The van der Waals surface area contributed by atoms with Crippen LogP contribution in [0.15, 0.2) is 24.3 Å². The van der Waals surface area contributed by atoms with Crippen molar-refractivity contribution in [3.63, 3.8) is 0 Å². The first-order valence-electron chi connectivity index (χ1n) is 6.96. The normalized spacial score (nSPS) is 17.8. The SMILES string of the molecule is COCC[C@H](CO)NC(=O)NC[C@@H]1Cc2ccccc21. The number of amides is 2. The van der Waals surface area contributed by atoms with Gasteiger partial charge in [-0.15, -0.1) is 0 Å². The number of carbonyl (C=O) groups excluding carboxylic acids is 1. The number of ether oxygens (including phenoxy) is 1. The van der Waals surface area contributed by atoms with Crippen LogP contribution in [0.4, 0.5) is 4.79 Å². The molecule has 0 unspecified atom stereocenters. The van der Waals surface area contributed by atoms with Crippen LogP contribution in [0.5, 0.6) is 0 Å². The van der Waals surface area contributed by atoms with E-state index in [9.17, 15) is 4.79 Å². The van der Waals surface area contributed by atoms with Crippen molar-refractivity contribution in [1.82, 2.24) is 10.6 Å². The van der Waals surface area contributed by atoms with E-state index in [4.69, 9.17) is 9.84 Å². The summed E-state index contributed by atoms with van der Waals surface area (Å²) in [5, 5.41) is 14.8. The Morgan fingerprint density at radius 3 is 3.00 bits per heavy atom. The molecule has 3 N–H and O–H groups in total. The topological polar surface area (TPSA) is 70.6 Å². The van der Waals surface area contributed by atoms with Gasteiger partial charge in [0, 0.05) is 26.2 Å². The molecule has 20 heavy (non-hydrogen) atoms. The zero-order valence-electron chi connectivity index (χ0n) is 11.8. The highest BCUT2D eigenvalue weighted by atomic mass is 16.5. The zero-order valence-corrected chi connectivity index (χ0v) is 11.8. The smallest absolute Gasteiger partial charge is 0.315 e.